The smallest absolute Gasteiger partial charge is 0.350 e. The molecule has 4 heterocycles. The zero-order chi connectivity index (χ0) is 30.6. The summed E-state index contributed by atoms with van der Waals surface area (Å²) in [6.07, 6.45) is 2.71. The summed E-state index contributed by atoms with van der Waals surface area (Å²) >= 11 is 0. The molecule has 12 heteroatoms. The molecule has 0 bridgehead atoms. The number of hydrogen-bond acceptors (Lipinski definition) is 9. The van der Waals surface area contributed by atoms with Crippen LogP contribution in [-0.2, 0) is 30.7 Å². The summed E-state index contributed by atoms with van der Waals surface area (Å²) in [7, 11) is 5.12. The van der Waals surface area contributed by atoms with Crippen molar-refractivity contribution >= 4 is 22.2 Å². The summed E-state index contributed by atoms with van der Waals surface area (Å²) in [4.78, 5) is 34.2. The number of rotatable bonds is 11. The van der Waals surface area contributed by atoms with Gasteiger partial charge in [0, 0.05) is 44.5 Å². The highest BCUT2D eigenvalue weighted by molar-refractivity contribution is 5.81. The molecule has 5 aromatic rings. The first-order valence-corrected chi connectivity index (χ1v) is 14.8. The highest BCUT2D eigenvalue weighted by Gasteiger charge is 2.21. The summed E-state index contributed by atoms with van der Waals surface area (Å²) < 4.78 is 21.4. The second-order valence-corrected chi connectivity index (χ2v) is 10.8. The highest BCUT2D eigenvalue weighted by atomic mass is 16.5. The van der Waals surface area contributed by atoms with Crippen molar-refractivity contribution in [1.29, 1.82) is 0 Å². The van der Waals surface area contributed by atoms with Crippen LogP contribution in [0.15, 0.2) is 70.4 Å². The molecule has 6 rings (SSSR count). The van der Waals surface area contributed by atoms with Gasteiger partial charge in [0.1, 0.15) is 5.82 Å². The minimum Gasteiger partial charge on any atom is -0.493 e. The van der Waals surface area contributed by atoms with Gasteiger partial charge in [0.25, 0.3) is 5.56 Å². The molecule has 1 aliphatic heterocycles. The molecule has 1 aliphatic rings. The molecular weight excluding hydrogens is 562 g/mol. The lowest BCUT2D eigenvalue weighted by molar-refractivity contribution is 0.0422. The van der Waals surface area contributed by atoms with Gasteiger partial charge in [-0.15, -0.1) is 5.10 Å². The molecule has 0 aliphatic carbocycles. The minimum absolute atomic E-state index is 0.0845. The molecule has 12 nitrogen and oxygen atoms in total. The average molecular weight is 600 g/mol. The maximum Gasteiger partial charge on any atom is 0.350 e. The van der Waals surface area contributed by atoms with Crippen molar-refractivity contribution in [3.05, 3.63) is 93.0 Å². The Kier molecular flexibility index (Phi) is 8.62. The molecule has 2 aromatic carbocycles. The SMILES string of the molecule is CNC[C@@H]1CN(c2ccc3c(=O)n(CCc4ccc(OC)c(OC)c4)c(CCn4nc5ccccn5c4=O)nc3c2)CCO1. The van der Waals surface area contributed by atoms with E-state index in [1.807, 2.05) is 49.5 Å². The zero-order valence-electron chi connectivity index (χ0n) is 25.2. The standard InChI is InChI=1S/C32H37N7O5/c1-33-20-24-21-36(16-17-44-24)23-8-9-25-26(19-23)34-29(12-15-39-32(41)38-13-5-4-6-30(38)35-39)37(31(25)40)14-11-22-7-10-27(42-2)28(18-22)43-3/h4-10,13,18-19,24,33H,11-12,14-17,20-21H2,1-3H3/t24-/m1/s1. The van der Waals surface area contributed by atoms with Gasteiger partial charge in [-0.3, -0.25) is 13.8 Å². The summed E-state index contributed by atoms with van der Waals surface area (Å²) in [5.74, 6) is 1.87. The Morgan fingerprint density at radius 1 is 1.00 bits per heavy atom. The molecule has 0 spiro atoms. The molecule has 230 valence electrons. The number of pyridine rings is 1. The number of benzene rings is 2. The van der Waals surface area contributed by atoms with Gasteiger partial charge in [-0.1, -0.05) is 12.1 Å². The number of nitrogens with one attached hydrogen (secondary N) is 1. The number of nitrogens with zero attached hydrogens (tertiary/aromatic N) is 6. The van der Waals surface area contributed by atoms with Crippen LogP contribution in [0.1, 0.15) is 11.4 Å². The third-order valence-corrected chi connectivity index (χ3v) is 8.06. The van der Waals surface area contributed by atoms with E-state index in [9.17, 15) is 9.59 Å². The van der Waals surface area contributed by atoms with Crippen molar-refractivity contribution in [1.82, 2.24) is 29.0 Å². The highest BCUT2D eigenvalue weighted by Crippen LogP contribution is 2.28. The number of hydrogen-bond donors (Lipinski definition) is 1. The molecule has 0 saturated carbocycles. The van der Waals surface area contributed by atoms with Crippen LogP contribution in [0.2, 0.25) is 0 Å². The molecule has 0 radical (unpaired) electrons. The van der Waals surface area contributed by atoms with Gasteiger partial charge < -0.3 is 24.4 Å². The molecule has 1 fully saturated rings. The zero-order valence-corrected chi connectivity index (χ0v) is 25.2. The van der Waals surface area contributed by atoms with E-state index in [0.29, 0.717) is 59.9 Å². The monoisotopic (exact) mass is 599 g/mol. The second-order valence-electron chi connectivity index (χ2n) is 10.8. The third-order valence-electron chi connectivity index (χ3n) is 8.06. The van der Waals surface area contributed by atoms with Gasteiger partial charge >= 0.3 is 5.69 Å². The van der Waals surface area contributed by atoms with E-state index >= 15 is 0 Å². The molecule has 1 saturated heterocycles. The lowest BCUT2D eigenvalue weighted by Gasteiger charge is -2.34. The molecule has 3 aromatic heterocycles. The maximum absolute atomic E-state index is 14.0. The van der Waals surface area contributed by atoms with E-state index in [1.54, 1.807) is 37.1 Å². The van der Waals surface area contributed by atoms with Crippen molar-refractivity contribution in [3.8, 4) is 11.5 Å². The first kappa shape index (κ1) is 29.4. The Bertz CT molecular complexity index is 1890. The summed E-state index contributed by atoms with van der Waals surface area (Å²) in [6, 6.07) is 17.0. The van der Waals surface area contributed by atoms with E-state index in [0.717, 1.165) is 30.9 Å². The van der Waals surface area contributed by atoms with Crippen LogP contribution in [0.25, 0.3) is 16.6 Å². The van der Waals surface area contributed by atoms with Gasteiger partial charge in [-0.05, 0) is 61.5 Å². The van der Waals surface area contributed by atoms with Gasteiger partial charge in [0.2, 0.25) is 0 Å². The molecule has 1 N–H and O–H groups in total. The van der Waals surface area contributed by atoms with E-state index in [-0.39, 0.29) is 23.9 Å². The van der Waals surface area contributed by atoms with Gasteiger partial charge in [0.05, 0.1) is 44.4 Å². The first-order valence-electron chi connectivity index (χ1n) is 14.8. The Morgan fingerprint density at radius 3 is 2.66 bits per heavy atom. The Balaban J connectivity index is 1.35. The van der Waals surface area contributed by atoms with E-state index < -0.39 is 0 Å². The van der Waals surface area contributed by atoms with Crippen LogP contribution in [0.3, 0.4) is 0 Å². The number of ether oxygens (including phenoxy) is 3. The number of anilines is 1. The normalized spacial score (nSPS) is 15.2. The molecule has 0 unspecified atom stereocenters. The van der Waals surface area contributed by atoms with Crippen molar-refractivity contribution in [2.45, 2.75) is 32.0 Å². The fraction of sp³-hybridized carbons (Fsp3) is 0.375. The van der Waals surface area contributed by atoms with Gasteiger partial charge in [-0.2, -0.15) is 0 Å². The first-order chi connectivity index (χ1) is 21.5. The molecular formula is C32H37N7O5. The van der Waals surface area contributed by atoms with Crippen LogP contribution >= 0.6 is 0 Å². The number of likely N-dealkylation sites (N-methyl/N-ethyl adjacent to an activating group) is 1. The minimum atomic E-state index is -0.230. The van der Waals surface area contributed by atoms with Crippen LogP contribution in [0, 0.1) is 0 Å². The summed E-state index contributed by atoms with van der Waals surface area (Å²) in [5.41, 5.74) is 2.85. The summed E-state index contributed by atoms with van der Waals surface area (Å²) in [5, 5.41) is 8.21. The van der Waals surface area contributed by atoms with Gasteiger partial charge in [0.15, 0.2) is 17.1 Å². The van der Waals surface area contributed by atoms with Crippen LogP contribution in [0.5, 0.6) is 11.5 Å². The van der Waals surface area contributed by atoms with Crippen LogP contribution in [0.4, 0.5) is 5.69 Å². The van der Waals surface area contributed by atoms with Crippen molar-refractivity contribution in [2.75, 3.05) is 52.4 Å². The Labute approximate surface area is 254 Å². The van der Waals surface area contributed by atoms with Gasteiger partial charge in [-0.25, -0.2) is 14.5 Å². The third kappa shape index (κ3) is 5.90. The molecule has 0 amide bonds. The predicted molar refractivity (Wildman–Crippen MR) is 168 cm³/mol. The quantitative estimate of drug-likeness (QED) is 0.244. The number of aryl methyl sites for hydroxylation is 3. The molecule has 44 heavy (non-hydrogen) atoms. The Morgan fingerprint density at radius 2 is 1.86 bits per heavy atom. The largest absolute Gasteiger partial charge is 0.493 e. The number of fused-ring (bicyclic) bond motifs is 2. The lowest BCUT2D eigenvalue weighted by Crippen LogP contribution is -2.46. The topological polar surface area (TPSA) is 117 Å². The number of aromatic nitrogens is 5. The van der Waals surface area contributed by atoms with Crippen molar-refractivity contribution < 1.29 is 14.2 Å². The predicted octanol–water partition coefficient (Wildman–Crippen LogP) is 2.13. The van der Waals surface area contributed by atoms with Crippen molar-refractivity contribution in [2.24, 2.45) is 0 Å². The van der Waals surface area contributed by atoms with E-state index in [2.05, 4.69) is 15.3 Å². The number of morpholine rings is 1. The fourth-order valence-corrected chi connectivity index (χ4v) is 5.78. The Hall–Kier alpha value is -4.68. The van der Waals surface area contributed by atoms with Crippen LogP contribution < -0.4 is 30.9 Å². The molecule has 1 atom stereocenters. The fourth-order valence-electron chi connectivity index (χ4n) is 5.78. The van der Waals surface area contributed by atoms with Crippen molar-refractivity contribution in [3.63, 3.8) is 0 Å². The number of methoxy groups -OCH3 is 2. The summed E-state index contributed by atoms with van der Waals surface area (Å²) in [6.45, 7) is 3.59. The second kappa shape index (κ2) is 12.9. The van der Waals surface area contributed by atoms with E-state index in [4.69, 9.17) is 19.2 Å². The average Bonchev–Trinajstić information content (AvgIpc) is 3.38. The maximum atomic E-state index is 14.0. The lowest BCUT2D eigenvalue weighted by atomic mass is 10.1. The van der Waals surface area contributed by atoms with Crippen LogP contribution in [-0.4, -0.2) is 77.3 Å². The van der Waals surface area contributed by atoms with E-state index in [1.165, 1.54) is 9.08 Å².